The summed E-state index contributed by atoms with van der Waals surface area (Å²) in [5, 5.41) is 0. The summed E-state index contributed by atoms with van der Waals surface area (Å²) < 4.78 is 33.9. The number of sulfonamides is 1. The normalized spacial score (nSPS) is 28.1. The van der Waals surface area contributed by atoms with Gasteiger partial charge in [-0.25, -0.2) is 13.1 Å². The number of ether oxygens (including phenoxy) is 1. The minimum absolute atomic E-state index is 0.101. The van der Waals surface area contributed by atoms with Gasteiger partial charge in [-0.2, -0.15) is 0 Å². The molecule has 5 nitrogen and oxygen atoms in total. The number of hydrogen-bond donors (Lipinski definition) is 1. The first kappa shape index (κ1) is 15.8. The zero-order chi connectivity index (χ0) is 15.7. The Labute approximate surface area is 132 Å². The minimum Gasteiger partial charge on any atom is -0.487 e. The Balaban J connectivity index is 1.84. The molecule has 0 saturated carbocycles. The van der Waals surface area contributed by atoms with Crippen LogP contribution in [0.4, 0.5) is 0 Å². The van der Waals surface area contributed by atoms with Crippen molar-refractivity contribution in [2.45, 2.75) is 43.7 Å². The van der Waals surface area contributed by atoms with Gasteiger partial charge in [0.1, 0.15) is 16.7 Å². The summed E-state index contributed by atoms with van der Waals surface area (Å²) in [4.78, 5) is 2.66. The average molecular weight is 324 g/mol. The molecule has 0 unspecified atom stereocenters. The van der Waals surface area contributed by atoms with Crippen LogP contribution in [0.2, 0.25) is 0 Å². The molecule has 6 heteroatoms. The van der Waals surface area contributed by atoms with Gasteiger partial charge in [-0.1, -0.05) is 26.0 Å². The van der Waals surface area contributed by atoms with E-state index in [9.17, 15) is 8.42 Å². The number of nitrogens with one attached hydrogen (secondary N) is 1. The van der Waals surface area contributed by atoms with Gasteiger partial charge in [0.2, 0.25) is 10.0 Å². The molecule has 2 heterocycles. The van der Waals surface area contributed by atoms with Crippen LogP contribution in [-0.2, 0) is 10.0 Å². The summed E-state index contributed by atoms with van der Waals surface area (Å²) in [5.74, 6) is 1.08. The van der Waals surface area contributed by atoms with Crippen LogP contribution < -0.4 is 9.46 Å². The number of likely N-dealkylation sites (tertiary alicyclic amines) is 1. The Morgan fingerprint density at radius 1 is 1.27 bits per heavy atom. The lowest BCUT2D eigenvalue weighted by Crippen LogP contribution is -2.43. The second-order valence-electron chi connectivity index (χ2n) is 6.60. The number of hydrogen-bond acceptors (Lipinski definition) is 4. The topological polar surface area (TPSA) is 58.6 Å². The minimum atomic E-state index is -3.50. The molecule has 0 aromatic heterocycles. The van der Waals surface area contributed by atoms with E-state index in [0.717, 1.165) is 32.5 Å². The van der Waals surface area contributed by atoms with Gasteiger partial charge in [0.25, 0.3) is 0 Å². The maximum atomic E-state index is 12.5. The average Bonchev–Trinajstić information content (AvgIpc) is 2.68. The molecule has 1 fully saturated rings. The highest BCUT2D eigenvalue weighted by atomic mass is 32.2. The molecule has 3 rings (SSSR count). The molecule has 2 atom stereocenters. The number of benzene rings is 1. The number of rotatable bonds is 2. The van der Waals surface area contributed by atoms with E-state index in [1.54, 1.807) is 18.2 Å². The zero-order valence-corrected chi connectivity index (χ0v) is 14.0. The van der Waals surface area contributed by atoms with Crippen LogP contribution >= 0.6 is 0 Å². The first-order valence-corrected chi connectivity index (χ1v) is 9.44. The molecule has 2 aliphatic rings. The molecule has 1 aromatic rings. The van der Waals surface area contributed by atoms with Crippen LogP contribution in [0.3, 0.4) is 0 Å². The first-order valence-electron chi connectivity index (χ1n) is 7.96. The molecule has 0 amide bonds. The van der Waals surface area contributed by atoms with Crippen LogP contribution in [0, 0.1) is 5.92 Å². The quantitative estimate of drug-likeness (QED) is 0.902. The van der Waals surface area contributed by atoms with Crippen molar-refractivity contribution in [2.75, 3.05) is 19.6 Å². The summed E-state index contributed by atoms with van der Waals surface area (Å²) in [6.07, 6.45) is 1.52. The molecule has 2 aliphatic heterocycles. The lowest BCUT2D eigenvalue weighted by molar-refractivity contribution is 0.156. The van der Waals surface area contributed by atoms with Gasteiger partial charge < -0.3 is 9.64 Å². The first-order chi connectivity index (χ1) is 10.5. The highest BCUT2D eigenvalue weighted by Gasteiger charge is 2.36. The lowest BCUT2D eigenvalue weighted by atomic mass is 10.1. The van der Waals surface area contributed by atoms with Crippen molar-refractivity contribution < 1.29 is 13.2 Å². The second-order valence-corrected chi connectivity index (χ2v) is 8.29. The van der Waals surface area contributed by atoms with Gasteiger partial charge in [-0.15, -0.1) is 0 Å². The molecule has 1 saturated heterocycles. The third-order valence-electron chi connectivity index (χ3n) is 4.28. The standard InChI is InChI=1S/C16H24N2O3S/c1-12(2)11-18-9-7-13-14(8-10-18)21-15-5-3-4-6-16(15)22(19,20)17-13/h3-6,12-14,17H,7-11H2,1-2H3/t13-,14-/m0/s1. The fourth-order valence-electron chi connectivity index (χ4n) is 3.30. The molecule has 1 aromatic carbocycles. The molecule has 22 heavy (non-hydrogen) atoms. The maximum Gasteiger partial charge on any atom is 0.244 e. The van der Waals surface area contributed by atoms with Crippen molar-refractivity contribution >= 4 is 10.0 Å². The molecule has 122 valence electrons. The fraction of sp³-hybridized carbons (Fsp3) is 0.625. The summed E-state index contributed by atoms with van der Waals surface area (Å²) >= 11 is 0. The van der Waals surface area contributed by atoms with Gasteiger partial charge in [0.05, 0.1) is 6.04 Å². The van der Waals surface area contributed by atoms with Crippen LogP contribution in [-0.4, -0.2) is 45.1 Å². The molecule has 0 spiro atoms. The summed E-state index contributed by atoms with van der Waals surface area (Å²) in [6.45, 7) is 7.31. The SMILES string of the molecule is CC(C)CN1CC[C@@H]2NS(=O)(=O)c3ccccc3O[C@H]2CC1. The summed E-state index contributed by atoms with van der Waals surface area (Å²) in [7, 11) is -3.50. The fourth-order valence-corrected chi connectivity index (χ4v) is 4.73. The van der Waals surface area contributed by atoms with Crippen molar-refractivity contribution in [1.82, 2.24) is 9.62 Å². The Hall–Kier alpha value is -1.11. The van der Waals surface area contributed by atoms with Crippen LogP contribution in [0.25, 0.3) is 0 Å². The number of nitrogens with zero attached hydrogens (tertiary/aromatic N) is 1. The molecule has 0 radical (unpaired) electrons. The molecular formula is C16H24N2O3S. The van der Waals surface area contributed by atoms with Gasteiger partial charge in [-0.3, -0.25) is 0 Å². The van der Waals surface area contributed by atoms with E-state index in [1.165, 1.54) is 0 Å². The largest absolute Gasteiger partial charge is 0.487 e. The van der Waals surface area contributed by atoms with Gasteiger partial charge in [0, 0.05) is 13.1 Å². The predicted molar refractivity (Wildman–Crippen MR) is 85.5 cm³/mol. The summed E-state index contributed by atoms with van der Waals surface area (Å²) in [5.41, 5.74) is 0. The van der Waals surface area contributed by atoms with Crippen LogP contribution in [0.15, 0.2) is 29.2 Å². The van der Waals surface area contributed by atoms with E-state index in [2.05, 4.69) is 23.5 Å². The van der Waals surface area contributed by atoms with Crippen molar-refractivity contribution in [3.63, 3.8) is 0 Å². The zero-order valence-electron chi connectivity index (χ0n) is 13.2. The maximum absolute atomic E-state index is 12.5. The third kappa shape index (κ3) is 3.29. The van der Waals surface area contributed by atoms with Crippen LogP contribution in [0.1, 0.15) is 26.7 Å². The Morgan fingerprint density at radius 3 is 2.77 bits per heavy atom. The van der Waals surface area contributed by atoms with E-state index in [1.807, 2.05) is 6.07 Å². The van der Waals surface area contributed by atoms with Crippen molar-refractivity contribution in [3.8, 4) is 5.75 Å². The van der Waals surface area contributed by atoms with Crippen molar-refractivity contribution in [3.05, 3.63) is 24.3 Å². The second kappa shape index (κ2) is 6.18. The lowest BCUT2D eigenvalue weighted by Gasteiger charge is -2.22. The van der Waals surface area contributed by atoms with Crippen molar-refractivity contribution in [2.24, 2.45) is 5.92 Å². The van der Waals surface area contributed by atoms with E-state index in [0.29, 0.717) is 11.7 Å². The molecule has 1 N–H and O–H groups in total. The Morgan fingerprint density at radius 2 is 2.00 bits per heavy atom. The highest BCUT2D eigenvalue weighted by Crippen LogP contribution is 2.30. The monoisotopic (exact) mass is 324 g/mol. The van der Waals surface area contributed by atoms with E-state index in [4.69, 9.17) is 4.74 Å². The third-order valence-corrected chi connectivity index (χ3v) is 5.81. The van der Waals surface area contributed by atoms with E-state index < -0.39 is 10.0 Å². The smallest absolute Gasteiger partial charge is 0.244 e. The predicted octanol–water partition coefficient (Wildman–Crippen LogP) is 1.85. The van der Waals surface area contributed by atoms with E-state index >= 15 is 0 Å². The van der Waals surface area contributed by atoms with Gasteiger partial charge in [0.15, 0.2) is 0 Å². The molecular weight excluding hydrogens is 300 g/mol. The summed E-state index contributed by atoms with van der Waals surface area (Å²) in [6, 6.07) is 6.74. The Kier molecular flexibility index (Phi) is 4.43. The van der Waals surface area contributed by atoms with Crippen LogP contribution in [0.5, 0.6) is 5.75 Å². The molecule has 0 bridgehead atoms. The molecule has 0 aliphatic carbocycles. The number of para-hydroxylation sites is 1. The van der Waals surface area contributed by atoms with Crippen molar-refractivity contribution in [1.29, 1.82) is 0 Å². The highest BCUT2D eigenvalue weighted by molar-refractivity contribution is 7.89. The van der Waals surface area contributed by atoms with Gasteiger partial charge in [-0.05, 0) is 37.4 Å². The Bertz CT molecular complexity index is 630. The van der Waals surface area contributed by atoms with E-state index in [-0.39, 0.29) is 17.0 Å². The van der Waals surface area contributed by atoms with Gasteiger partial charge >= 0.3 is 0 Å². The number of fused-ring (bicyclic) bond motifs is 2.